The van der Waals surface area contributed by atoms with Crippen molar-refractivity contribution in [3.63, 3.8) is 0 Å². The van der Waals surface area contributed by atoms with Crippen LogP contribution in [0.3, 0.4) is 0 Å². The number of aryl methyl sites for hydroxylation is 1. The Kier molecular flexibility index (Phi) is 7.65. The summed E-state index contributed by atoms with van der Waals surface area (Å²) in [7, 11) is 3.26. The van der Waals surface area contributed by atoms with Crippen LogP contribution in [-0.4, -0.2) is 61.1 Å². The number of carbonyl (C=O) groups excluding carboxylic acids is 1. The maximum Gasteiger partial charge on any atom is 0.230 e. The second kappa shape index (κ2) is 10.8. The number of aromatic nitrogens is 1. The van der Waals surface area contributed by atoms with Crippen molar-refractivity contribution in [1.29, 1.82) is 0 Å². The highest BCUT2D eigenvalue weighted by Gasteiger charge is 2.25. The van der Waals surface area contributed by atoms with Crippen LogP contribution in [0.1, 0.15) is 41.8 Å². The minimum absolute atomic E-state index is 0.136. The molecule has 0 spiro atoms. The van der Waals surface area contributed by atoms with Crippen molar-refractivity contribution in [2.24, 2.45) is 5.92 Å². The van der Waals surface area contributed by atoms with Gasteiger partial charge in [0.05, 0.1) is 20.6 Å². The van der Waals surface area contributed by atoms with Gasteiger partial charge in [0.25, 0.3) is 0 Å². The standard InChI is InChI=1S/C27H35N3O3/c1-20-7-6-9-24(28-20)11-13-29-12-5-4-8-21(18-29)19-30-14-10-22-15-25(32-2)26(33-3)16-23(22)17-27(30)31/h6-7,9-10,14-16,21H,4-5,8,11-13,17-19H2,1-3H3. The van der Waals surface area contributed by atoms with Crippen LogP contribution in [0.5, 0.6) is 11.5 Å². The number of pyridine rings is 1. The van der Waals surface area contributed by atoms with E-state index in [0.29, 0.717) is 23.8 Å². The summed E-state index contributed by atoms with van der Waals surface area (Å²) in [6.07, 6.45) is 8.91. The number of likely N-dealkylation sites (tertiary alicyclic amines) is 1. The molecule has 6 heteroatoms. The van der Waals surface area contributed by atoms with Crippen molar-refractivity contribution in [2.75, 3.05) is 40.4 Å². The zero-order valence-electron chi connectivity index (χ0n) is 20.0. The molecule has 3 heterocycles. The van der Waals surface area contributed by atoms with Crippen molar-refractivity contribution < 1.29 is 14.3 Å². The van der Waals surface area contributed by atoms with Crippen LogP contribution in [0.25, 0.3) is 6.08 Å². The van der Waals surface area contributed by atoms with Gasteiger partial charge in [0.2, 0.25) is 5.91 Å². The number of rotatable bonds is 7. The predicted octanol–water partition coefficient (Wildman–Crippen LogP) is 4.11. The van der Waals surface area contributed by atoms with Gasteiger partial charge >= 0.3 is 0 Å². The van der Waals surface area contributed by atoms with Gasteiger partial charge in [-0.05, 0) is 73.7 Å². The van der Waals surface area contributed by atoms with E-state index in [1.54, 1.807) is 14.2 Å². The lowest BCUT2D eigenvalue weighted by Crippen LogP contribution is -2.37. The number of methoxy groups -OCH3 is 2. The van der Waals surface area contributed by atoms with Crippen molar-refractivity contribution >= 4 is 12.0 Å². The third kappa shape index (κ3) is 5.93. The molecule has 2 aliphatic heterocycles. The zero-order chi connectivity index (χ0) is 23.2. The molecule has 2 aliphatic rings. The molecular formula is C27H35N3O3. The zero-order valence-corrected chi connectivity index (χ0v) is 20.0. The first kappa shape index (κ1) is 23.3. The van der Waals surface area contributed by atoms with E-state index in [0.717, 1.165) is 61.5 Å². The molecule has 0 saturated carbocycles. The van der Waals surface area contributed by atoms with E-state index in [4.69, 9.17) is 9.47 Å². The summed E-state index contributed by atoms with van der Waals surface area (Å²) in [4.78, 5) is 22.2. The molecule has 2 aromatic rings. The molecule has 1 fully saturated rings. The van der Waals surface area contributed by atoms with Gasteiger partial charge in [-0.1, -0.05) is 12.5 Å². The van der Waals surface area contributed by atoms with Crippen molar-refractivity contribution in [3.8, 4) is 11.5 Å². The summed E-state index contributed by atoms with van der Waals surface area (Å²) in [6, 6.07) is 10.1. The van der Waals surface area contributed by atoms with Crippen LogP contribution in [0.4, 0.5) is 0 Å². The molecular weight excluding hydrogens is 414 g/mol. The van der Waals surface area contributed by atoms with Gasteiger partial charge < -0.3 is 19.3 Å². The van der Waals surface area contributed by atoms with E-state index in [2.05, 4.69) is 22.0 Å². The number of nitrogens with zero attached hydrogens (tertiary/aromatic N) is 3. The molecule has 0 aliphatic carbocycles. The number of ether oxygens (including phenoxy) is 2. The minimum Gasteiger partial charge on any atom is -0.493 e. The van der Waals surface area contributed by atoms with Crippen molar-refractivity contribution in [1.82, 2.24) is 14.8 Å². The van der Waals surface area contributed by atoms with Gasteiger partial charge in [-0.25, -0.2) is 0 Å². The Morgan fingerprint density at radius 1 is 1.12 bits per heavy atom. The molecule has 1 aromatic carbocycles. The third-order valence-electron chi connectivity index (χ3n) is 6.68. The maximum absolute atomic E-state index is 13.1. The highest BCUT2D eigenvalue weighted by Crippen LogP contribution is 2.33. The lowest BCUT2D eigenvalue weighted by molar-refractivity contribution is -0.128. The molecule has 0 N–H and O–H groups in total. The van der Waals surface area contributed by atoms with E-state index in [1.807, 2.05) is 42.3 Å². The van der Waals surface area contributed by atoms with Gasteiger partial charge in [0.1, 0.15) is 0 Å². The first-order valence-electron chi connectivity index (χ1n) is 11.9. The largest absolute Gasteiger partial charge is 0.493 e. The number of fused-ring (bicyclic) bond motifs is 1. The van der Waals surface area contributed by atoms with Crippen LogP contribution >= 0.6 is 0 Å². The van der Waals surface area contributed by atoms with Gasteiger partial charge in [0, 0.05) is 43.6 Å². The number of hydrogen-bond donors (Lipinski definition) is 0. The molecule has 1 unspecified atom stereocenters. The normalized spacial score (nSPS) is 19.1. The fraction of sp³-hybridized carbons (Fsp3) is 0.481. The van der Waals surface area contributed by atoms with E-state index in [-0.39, 0.29) is 5.91 Å². The third-order valence-corrected chi connectivity index (χ3v) is 6.68. The Morgan fingerprint density at radius 2 is 1.94 bits per heavy atom. The van der Waals surface area contributed by atoms with E-state index in [9.17, 15) is 4.79 Å². The Bertz CT molecular complexity index is 1000. The highest BCUT2D eigenvalue weighted by atomic mass is 16.5. The Hall–Kier alpha value is -2.86. The Balaban J connectivity index is 1.40. The maximum atomic E-state index is 13.1. The summed E-state index contributed by atoms with van der Waals surface area (Å²) < 4.78 is 10.9. The monoisotopic (exact) mass is 449 g/mol. The van der Waals surface area contributed by atoms with Gasteiger partial charge in [-0.15, -0.1) is 0 Å². The molecule has 33 heavy (non-hydrogen) atoms. The second-order valence-electron chi connectivity index (χ2n) is 9.13. The van der Waals surface area contributed by atoms with Crippen LogP contribution in [-0.2, 0) is 17.6 Å². The molecule has 4 rings (SSSR count). The Morgan fingerprint density at radius 3 is 2.73 bits per heavy atom. The first-order valence-corrected chi connectivity index (χ1v) is 11.9. The average molecular weight is 450 g/mol. The van der Waals surface area contributed by atoms with Crippen LogP contribution in [0, 0.1) is 12.8 Å². The van der Waals surface area contributed by atoms with Gasteiger partial charge in [-0.3, -0.25) is 9.78 Å². The van der Waals surface area contributed by atoms with Crippen LogP contribution < -0.4 is 9.47 Å². The SMILES string of the molecule is COc1cc2c(cc1OC)CC(=O)N(CC1CCCCN(CCc3cccc(C)n3)C1)C=C2. The summed E-state index contributed by atoms with van der Waals surface area (Å²) in [5, 5.41) is 0. The lowest BCUT2D eigenvalue weighted by atomic mass is 10.0. The number of carbonyl (C=O) groups is 1. The highest BCUT2D eigenvalue weighted by molar-refractivity contribution is 5.84. The topological polar surface area (TPSA) is 54.9 Å². The molecule has 0 bridgehead atoms. The van der Waals surface area contributed by atoms with Crippen LogP contribution in [0.2, 0.25) is 0 Å². The van der Waals surface area contributed by atoms with E-state index < -0.39 is 0 Å². The molecule has 1 amide bonds. The molecule has 6 nitrogen and oxygen atoms in total. The van der Waals surface area contributed by atoms with Gasteiger partial charge in [-0.2, -0.15) is 0 Å². The molecule has 1 aromatic heterocycles. The first-order chi connectivity index (χ1) is 16.1. The predicted molar refractivity (Wildman–Crippen MR) is 130 cm³/mol. The molecule has 1 atom stereocenters. The number of amides is 1. The second-order valence-corrected chi connectivity index (χ2v) is 9.13. The fourth-order valence-electron chi connectivity index (χ4n) is 4.88. The Labute approximate surface area is 197 Å². The molecule has 176 valence electrons. The number of hydrogen-bond acceptors (Lipinski definition) is 5. The fourth-order valence-corrected chi connectivity index (χ4v) is 4.88. The molecule has 0 radical (unpaired) electrons. The van der Waals surface area contributed by atoms with Crippen LogP contribution in [0.15, 0.2) is 36.5 Å². The van der Waals surface area contributed by atoms with Crippen molar-refractivity contribution in [3.05, 3.63) is 59.0 Å². The summed E-state index contributed by atoms with van der Waals surface area (Å²) in [5.74, 6) is 1.95. The van der Waals surface area contributed by atoms with E-state index >= 15 is 0 Å². The average Bonchev–Trinajstić information content (AvgIpc) is 3.13. The molecule has 1 saturated heterocycles. The van der Waals surface area contributed by atoms with Crippen molar-refractivity contribution in [2.45, 2.75) is 39.0 Å². The summed E-state index contributed by atoms with van der Waals surface area (Å²) in [6.45, 7) is 5.97. The smallest absolute Gasteiger partial charge is 0.230 e. The lowest BCUT2D eigenvalue weighted by Gasteiger charge is -2.28. The van der Waals surface area contributed by atoms with Gasteiger partial charge in [0.15, 0.2) is 11.5 Å². The minimum atomic E-state index is 0.136. The summed E-state index contributed by atoms with van der Waals surface area (Å²) in [5.41, 5.74) is 4.22. The quantitative estimate of drug-likeness (QED) is 0.637. The summed E-state index contributed by atoms with van der Waals surface area (Å²) >= 11 is 0. The number of benzene rings is 1. The van der Waals surface area contributed by atoms with E-state index in [1.165, 1.54) is 12.8 Å².